The predicted octanol–water partition coefficient (Wildman–Crippen LogP) is 1.56. The van der Waals surface area contributed by atoms with Crippen molar-refractivity contribution in [3.8, 4) is 0 Å². The lowest BCUT2D eigenvalue weighted by atomic mass is 10.3. The van der Waals surface area contributed by atoms with Crippen LogP contribution in [0, 0.1) is 5.82 Å². The zero-order valence-electron chi connectivity index (χ0n) is 9.22. The number of carbonyl (C=O) groups is 1. The summed E-state index contributed by atoms with van der Waals surface area (Å²) in [5.41, 5.74) is 0.189. The van der Waals surface area contributed by atoms with Crippen molar-refractivity contribution < 1.29 is 9.18 Å². The quantitative estimate of drug-likeness (QED) is 0.666. The van der Waals surface area contributed by atoms with Gasteiger partial charge in [0, 0.05) is 6.54 Å². The van der Waals surface area contributed by atoms with Gasteiger partial charge in [0.1, 0.15) is 5.82 Å². The van der Waals surface area contributed by atoms with Gasteiger partial charge in [-0.15, -0.1) is 0 Å². The van der Waals surface area contributed by atoms with Gasteiger partial charge in [-0.1, -0.05) is 12.1 Å². The minimum atomic E-state index is -0.437. The smallest absolute Gasteiger partial charge is 0.319 e. The van der Waals surface area contributed by atoms with Crippen molar-refractivity contribution in [3.05, 3.63) is 30.1 Å². The predicted molar refractivity (Wildman–Crippen MR) is 62.0 cm³/mol. The molecule has 0 aromatic heterocycles. The molecule has 0 fully saturated rings. The summed E-state index contributed by atoms with van der Waals surface area (Å²) < 4.78 is 13.1. The molecule has 0 saturated carbocycles. The Balaban J connectivity index is 2.32. The van der Waals surface area contributed by atoms with E-state index in [0.717, 1.165) is 13.0 Å². The van der Waals surface area contributed by atoms with Gasteiger partial charge < -0.3 is 16.0 Å². The molecule has 0 heterocycles. The Morgan fingerprint density at radius 1 is 1.31 bits per heavy atom. The molecule has 88 valence electrons. The van der Waals surface area contributed by atoms with Gasteiger partial charge in [-0.2, -0.15) is 0 Å². The number of halogens is 1. The summed E-state index contributed by atoms with van der Waals surface area (Å²) in [6, 6.07) is 5.67. The SMILES string of the molecule is CNCCCNC(=O)Nc1ccccc1F. The van der Waals surface area contributed by atoms with Crippen molar-refractivity contribution >= 4 is 11.7 Å². The van der Waals surface area contributed by atoms with Crippen LogP contribution in [-0.4, -0.2) is 26.2 Å². The lowest BCUT2D eigenvalue weighted by molar-refractivity contribution is 0.252. The maximum absolute atomic E-state index is 13.1. The number of benzene rings is 1. The first-order valence-corrected chi connectivity index (χ1v) is 5.18. The molecule has 0 aliphatic heterocycles. The van der Waals surface area contributed by atoms with Crippen LogP contribution in [0.3, 0.4) is 0 Å². The van der Waals surface area contributed by atoms with Gasteiger partial charge >= 0.3 is 6.03 Å². The minimum absolute atomic E-state index is 0.189. The van der Waals surface area contributed by atoms with E-state index in [1.807, 2.05) is 7.05 Å². The number of urea groups is 1. The third kappa shape index (κ3) is 4.27. The first-order chi connectivity index (χ1) is 7.74. The van der Waals surface area contributed by atoms with Crippen molar-refractivity contribution in [1.29, 1.82) is 0 Å². The summed E-state index contributed by atoms with van der Waals surface area (Å²) in [5.74, 6) is -0.437. The highest BCUT2D eigenvalue weighted by Crippen LogP contribution is 2.11. The molecule has 4 nitrogen and oxygen atoms in total. The largest absolute Gasteiger partial charge is 0.338 e. The topological polar surface area (TPSA) is 53.2 Å². The van der Waals surface area contributed by atoms with E-state index in [0.29, 0.717) is 6.54 Å². The molecular weight excluding hydrogens is 209 g/mol. The van der Waals surface area contributed by atoms with Crippen LogP contribution in [-0.2, 0) is 0 Å². The van der Waals surface area contributed by atoms with Crippen molar-refractivity contribution in [1.82, 2.24) is 10.6 Å². The van der Waals surface area contributed by atoms with E-state index in [1.165, 1.54) is 12.1 Å². The Bertz CT molecular complexity index is 344. The Morgan fingerprint density at radius 2 is 2.06 bits per heavy atom. The van der Waals surface area contributed by atoms with Gasteiger partial charge in [-0.3, -0.25) is 0 Å². The molecule has 3 N–H and O–H groups in total. The molecule has 0 aliphatic carbocycles. The summed E-state index contributed by atoms with van der Waals surface area (Å²) in [4.78, 5) is 11.3. The number of anilines is 1. The van der Waals surface area contributed by atoms with Crippen molar-refractivity contribution in [2.75, 3.05) is 25.5 Å². The van der Waals surface area contributed by atoms with Crippen LogP contribution in [0.25, 0.3) is 0 Å². The second kappa shape index (κ2) is 6.79. The molecule has 0 spiro atoms. The van der Waals surface area contributed by atoms with Crippen LogP contribution in [0.4, 0.5) is 14.9 Å². The Morgan fingerprint density at radius 3 is 2.75 bits per heavy atom. The Hall–Kier alpha value is -1.62. The number of amides is 2. The Labute approximate surface area is 94.2 Å². The molecule has 1 rings (SSSR count). The van der Waals surface area contributed by atoms with E-state index in [2.05, 4.69) is 16.0 Å². The molecule has 1 aromatic rings. The second-order valence-electron chi connectivity index (χ2n) is 3.32. The van der Waals surface area contributed by atoms with Crippen molar-refractivity contribution in [2.24, 2.45) is 0 Å². The number of carbonyl (C=O) groups excluding carboxylic acids is 1. The van der Waals surface area contributed by atoms with E-state index in [-0.39, 0.29) is 11.7 Å². The third-order valence-corrected chi connectivity index (χ3v) is 2.01. The van der Waals surface area contributed by atoms with E-state index in [4.69, 9.17) is 0 Å². The normalized spacial score (nSPS) is 9.88. The maximum atomic E-state index is 13.1. The number of hydrogen-bond donors (Lipinski definition) is 3. The highest BCUT2D eigenvalue weighted by Gasteiger charge is 2.04. The first-order valence-electron chi connectivity index (χ1n) is 5.18. The van der Waals surface area contributed by atoms with E-state index < -0.39 is 5.82 Å². The van der Waals surface area contributed by atoms with Crippen LogP contribution in [0.5, 0.6) is 0 Å². The summed E-state index contributed by atoms with van der Waals surface area (Å²) >= 11 is 0. The molecule has 0 radical (unpaired) electrons. The second-order valence-corrected chi connectivity index (χ2v) is 3.32. The molecule has 0 aliphatic rings. The molecule has 5 heteroatoms. The molecular formula is C11H16FN3O. The summed E-state index contributed by atoms with van der Waals surface area (Å²) in [6.07, 6.45) is 0.835. The molecule has 0 atom stereocenters. The molecule has 2 amide bonds. The fourth-order valence-electron chi connectivity index (χ4n) is 1.20. The molecule has 1 aromatic carbocycles. The van der Waals surface area contributed by atoms with Gasteiger partial charge in [0.25, 0.3) is 0 Å². The zero-order valence-corrected chi connectivity index (χ0v) is 9.22. The molecule has 16 heavy (non-hydrogen) atoms. The maximum Gasteiger partial charge on any atom is 0.319 e. The zero-order chi connectivity index (χ0) is 11.8. The molecule has 0 saturated heterocycles. The van der Waals surface area contributed by atoms with Crippen molar-refractivity contribution in [2.45, 2.75) is 6.42 Å². The highest BCUT2D eigenvalue weighted by molar-refractivity contribution is 5.89. The molecule has 0 bridgehead atoms. The average molecular weight is 225 g/mol. The van der Waals surface area contributed by atoms with E-state index >= 15 is 0 Å². The van der Waals surface area contributed by atoms with Gasteiger partial charge in [0.05, 0.1) is 5.69 Å². The van der Waals surface area contributed by atoms with Crippen LogP contribution in [0.1, 0.15) is 6.42 Å². The minimum Gasteiger partial charge on any atom is -0.338 e. The third-order valence-electron chi connectivity index (χ3n) is 2.01. The summed E-state index contributed by atoms with van der Waals surface area (Å²) in [5, 5.41) is 8.05. The lowest BCUT2D eigenvalue weighted by Gasteiger charge is -2.07. The Kier molecular flexibility index (Phi) is 5.28. The number of hydrogen-bond acceptors (Lipinski definition) is 2. The van der Waals surface area contributed by atoms with E-state index in [1.54, 1.807) is 12.1 Å². The van der Waals surface area contributed by atoms with Gasteiger partial charge in [0.2, 0.25) is 0 Å². The lowest BCUT2D eigenvalue weighted by Crippen LogP contribution is -2.31. The fraction of sp³-hybridized carbons (Fsp3) is 0.364. The van der Waals surface area contributed by atoms with Crippen LogP contribution < -0.4 is 16.0 Å². The van der Waals surface area contributed by atoms with Crippen LogP contribution in [0.2, 0.25) is 0 Å². The monoisotopic (exact) mass is 225 g/mol. The van der Waals surface area contributed by atoms with Gasteiger partial charge in [-0.25, -0.2) is 9.18 Å². The van der Waals surface area contributed by atoms with E-state index in [9.17, 15) is 9.18 Å². The van der Waals surface area contributed by atoms with Crippen molar-refractivity contribution in [3.63, 3.8) is 0 Å². The fourth-order valence-corrected chi connectivity index (χ4v) is 1.20. The first kappa shape index (κ1) is 12.4. The standard InChI is InChI=1S/C11H16FN3O/c1-13-7-4-8-14-11(16)15-10-6-3-2-5-9(10)12/h2-3,5-6,13H,4,7-8H2,1H3,(H2,14,15,16). The number of para-hydroxylation sites is 1. The summed E-state index contributed by atoms with van der Waals surface area (Å²) in [6.45, 7) is 1.39. The number of nitrogens with one attached hydrogen (secondary N) is 3. The van der Waals surface area contributed by atoms with Crippen LogP contribution >= 0.6 is 0 Å². The summed E-state index contributed by atoms with van der Waals surface area (Å²) in [7, 11) is 1.85. The van der Waals surface area contributed by atoms with Crippen LogP contribution in [0.15, 0.2) is 24.3 Å². The average Bonchev–Trinajstić information content (AvgIpc) is 2.28. The van der Waals surface area contributed by atoms with Gasteiger partial charge in [0.15, 0.2) is 0 Å². The van der Waals surface area contributed by atoms with Gasteiger partial charge in [-0.05, 0) is 32.1 Å². The highest BCUT2D eigenvalue weighted by atomic mass is 19.1. The number of rotatable bonds is 5. The molecule has 0 unspecified atom stereocenters.